The van der Waals surface area contributed by atoms with Crippen LogP contribution in [0.25, 0.3) is 0 Å². The molecule has 1 fully saturated rings. The second-order valence-electron chi connectivity index (χ2n) is 5.77. The highest BCUT2D eigenvalue weighted by Gasteiger charge is 2.28. The number of furan rings is 1. The molecule has 1 amide bonds. The lowest BCUT2D eigenvalue weighted by molar-refractivity contribution is 0.0605. The van der Waals surface area contributed by atoms with E-state index in [2.05, 4.69) is 26.9 Å². The van der Waals surface area contributed by atoms with Crippen molar-refractivity contribution in [3.05, 3.63) is 52.4 Å². The summed E-state index contributed by atoms with van der Waals surface area (Å²) < 4.78 is 10.8. The molecular weight excluding hydrogens is 386 g/mol. The number of ether oxygens (including phenoxy) is 1. The third-order valence-electron chi connectivity index (χ3n) is 4.33. The smallest absolute Gasteiger partial charge is 0.257 e. The van der Waals surface area contributed by atoms with Gasteiger partial charge in [-0.1, -0.05) is 12.1 Å². The molecule has 1 atom stereocenters. The first-order chi connectivity index (χ1) is 12.1. The number of halogens is 1. The van der Waals surface area contributed by atoms with Crippen molar-refractivity contribution in [3.8, 4) is 11.8 Å². The highest BCUT2D eigenvalue weighted by Crippen LogP contribution is 2.24. The Morgan fingerprint density at radius 1 is 1.28 bits per heavy atom. The molecule has 25 heavy (non-hydrogen) atoms. The largest absolute Gasteiger partial charge is 0.497 e. The standard InChI is InChI=1S/C18H18BrN3O3/c1-24-15-4-2-13(3-5-15)16(11-20)21-6-8-22(9-7-21)18(23)14-10-17(19)25-12-14/h2-5,10,12,16H,6-9H2,1H3. The number of rotatable bonds is 4. The van der Waals surface area contributed by atoms with Crippen LogP contribution in [0.3, 0.4) is 0 Å². The van der Waals surface area contributed by atoms with E-state index in [4.69, 9.17) is 9.15 Å². The monoisotopic (exact) mass is 403 g/mol. The van der Waals surface area contributed by atoms with Crippen LogP contribution < -0.4 is 4.74 Å². The average Bonchev–Trinajstić information content (AvgIpc) is 3.09. The Labute approximate surface area is 154 Å². The molecule has 0 spiro atoms. The van der Waals surface area contributed by atoms with Gasteiger partial charge >= 0.3 is 0 Å². The Bertz CT molecular complexity index is 774. The van der Waals surface area contributed by atoms with Gasteiger partial charge in [0.15, 0.2) is 4.67 Å². The van der Waals surface area contributed by atoms with Gasteiger partial charge in [-0.05, 0) is 33.6 Å². The van der Waals surface area contributed by atoms with Crippen molar-refractivity contribution in [2.75, 3.05) is 33.3 Å². The summed E-state index contributed by atoms with van der Waals surface area (Å²) in [6, 6.07) is 11.2. The maximum Gasteiger partial charge on any atom is 0.257 e. The fourth-order valence-corrected chi connectivity index (χ4v) is 3.28. The van der Waals surface area contributed by atoms with Crippen LogP contribution in [0.2, 0.25) is 0 Å². The van der Waals surface area contributed by atoms with Crippen LogP contribution in [-0.2, 0) is 0 Å². The van der Waals surface area contributed by atoms with E-state index in [-0.39, 0.29) is 11.9 Å². The summed E-state index contributed by atoms with van der Waals surface area (Å²) in [6.45, 7) is 2.45. The van der Waals surface area contributed by atoms with Crippen molar-refractivity contribution < 1.29 is 13.9 Å². The lowest BCUT2D eigenvalue weighted by Crippen LogP contribution is -2.49. The van der Waals surface area contributed by atoms with Crippen molar-refractivity contribution in [2.24, 2.45) is 0 Å². The number of hydrogen-bond donors (Lipinski definition) is 0. The third kappa shape index (κ3) is 3.86. The first kappa shape index (κ1) is 17.5. The van der Waals surface area contributed by atoms with Gasteiger partial charge in [-0.25, -0.2) is 0 Å². The first-order valence-electron chi connectivity index (χ1n) is 7.93. The van der Waals surface area contributed by atoms with Crippen molar-refractivity contribution in [1.82, 2.24) is 9.80 Å². The molecule has 0 saturated carbocycles. The second-order valence-corrected chi connectivity index (χ2v) is 6.55. The summed E-state index contributed by atoms with van der Waals surface area (Å²) in [5.74, 6) is 0.717. The molecule has 6 nitrogen and oxygen atoms in total. The number of nitriles is 1. The molecule has 7 heteroatoms. The normalized spacial score (nSPS) is 16.3. The van der Waals surface area contributed by atoms with E-state index in [1.807, 2.05) is 24.3 Å². The third-order valence-corrected chi connectivity index (χ3v) is 4.75. The van der Waals surface area contributed by atoms with Crippen LogP contribution in [0.1, 0.15) is 22.0 Å². The topological polar surface area (TPSA) is 69.7 Å². The Balaban J connectivity index is 1.64. The first-order valence-corrected chi connectivity index (χ1v) is 8.72. The summed E-state index contributed by atoms with van der Waals surface area (Å²) in [4.78, 5) is 16.3. The summed E-state index contributed by atoms with van der Waals surface area (Å²) in [6.07, 6.45) is 1.45. The zero-order valence-corrected chi connectivity index (χ0v) is 15.4. The molecule has 1 saturated heterocycles. The molecule has 1 aromatic carbocycles. The van der Waals surface area contributed by atoms with Gasteiger partial charge in [-0.15, -0.1) is 0 Å². The molecule has 1 aliphatic rings. The minimum Gasteiger partial charge on any atom is -0.497 e. The maximum absolute atomic E-state index is 12.4. The lowest BCUT2D eigenvalue weighted by atomic mass is 10.1. The van der Waals surface area contributed by atoms with Gasteiger partial charge in [-0.2, -0.15) is 5.26 Å². The predicted octanol–water partition coefficient (Wildman–Crippen LogP) is 3.07. The summed E-state index contributed by atoms with van der Waals surface area (Å²) in [5, 5.41) is 9.59. The van der Waals surface area contributed by atoms with E-state index >= 15 is 0 Å². The molecule has 130 valence electrons. The minimum atomic E-state index is -0.328. The van der Waals surface area contributed by atoms with Gasteiger partial charge in [0.1, 0.15) is 18.1 Å². The lowest BCUT2D eigenvalue weighted by Gasteiger charge is -2.36. The molecule has 0 aliphatic carbocycles. The molecule has 2 heterocycles. The van der Waals surface area contributed by atoms with Crippen LogP contribution in [0.4, 0.5) is 0 Å². The van der Waals surface area contributed by atoms with Crippen LogP contribution in [-0.4, -0.2) is 49.0 Å². The van der Waals surface area contributed by atoms with E-state index in [0.717, 1.165) is 11.3 Å². The quantitative estimate of drug-likeness (QED) is 0.784. The number of piperazine rings is 1. The number of methoxy groups -OCH3 is 1. The Hall–Kier alpha value is -2.30. The minimum absolute atomic E-state index is 0.0490. The fraction of sp³-hybridized carbons (Fsp3) is 0.333. The highest BCUT2D eigenvalue weighted by atomic mass is 79.9. The molecular formula is C18H18BrN3O3. The number of carbonyl (C=O) groups excluding carboxylic acids is 1. The van der Waals surface area contributed by atoms with Crippen LogP contribution in [0, 0.1) is 11.3 Å². The molecule has 2 aromatic rings. The van der Waals surface area contributed by atoms with Gasteiger partial charge in [0.05, 0.1) is 18.7 Å². The van der Waals surface area contributed by atoms with Crippen LogP contribution in [0.5, 0.6) is 5.75 Å². The predicted molar refractivity (Wildman–Crippen MR) is 95.2 cm³/mol. The molecule has 1 unspecified atom stereocenters. The summed E-state index contributed by atoms with van der Waals surface area (Å²) >= 11 is 3.21. The van der Waals surface area contributed by atoms with Gasteiger partial charge in [-0.3, -0.25) is 9.69 Å². The molecule has 1 aliphatic heterocycles. The van der Waals surface area contributed by atoms with E-state index in [0.29, 0.717) is 36.4 Å². The Kier molecular flexibility index (Phi) is 5.41. The number of nitrogens with zero attached hydrogens (tertiary/aromatic N) is 3. The van der Waals surface area contributed by atoms with E-state index < -0.39 is 0 Å². The van der Waals surface area contributed by atoms with Gasteiger partial charge in [0, 0.05) is 32.2 Å². The zero-order chi connectivity index (χ0) is 17.8. The average molecular weight is 404 g/mol. The van der Waals surface area contributed by atoms with Crippen LogP contribution >= 0.6 is 15.9 Å². The van der Waals surface area contributed by atoms with E-state index in [9.17, 15) is 10.1 Å². The Morgan fingerprint density at radius 2 is 1.96 bits per heavy atom. The highest BCUT2D eigenvalue weighted by molar-refractivity contribution is 9.10. The zero-order valence-electron chi connectivity index (χ0n) is 13.8. The summed E-state index contributed by atoms with van der Waals surface area (Å²) in [7, 11) is 1.62. The van der Waals surface area contributed by atoms with Gasteiger partial charge in [0.25, 0.3) is 5.91 Å². The van der Waals surface area contributed by atoms with Crippen LogP contribution in [0.15, 0.2) is 45.7 Å². The fourth-order valence-electron chi connectivity index (χ4n) is 2.94. The molecule has 0 radical (unpaired) electrons. The summed E-state index contributed by atoms with van der Waals surface area (Å²) in [5.41, 5.74) is 1.47. The van der Waals surface area contributed by atoms with E-state index in [1.54, 1.807) is 18.1 Å². The van der Waals surface area contributed by atoms with Gasteiger partial charge in [0.2, 0.25) is 0 Å². The molecule has 1 aromatic heterocycles. The van der Waals surface area contributed by atoms with Crippen molar-refractivity contribution in [1.29, 1.82) is 5.26 Å². The Morgan fingerprint density at radius 3 is 2.48 bits per heavy atom. The number of amides is 1. The van der Waals surface area contributed by atoms with Crippen molar-refractivity contribution in [2.45, 2.75) is 6.04 Å². The molecule has 0 bridgehead atoms. The van der Waals surface area contributed by atoms with Crippen molar-refractivity contribution >= 4 is 21.8 Å². The SMILES string of the molecule is COc1ccc(C(C#N)N2CCN(C(=O)c3coc(Br)c3)CC2)cc1. The molecule has 0 N–H and O–H groups in total. The second kappa shape index (κ2) is 7.72. The van der Waals surface area contributed by atoms with E-state index in [1.165, 1.54) is 6.26 Å². The number of carbonyl (C=O) groups is 1. The van der Waals surface area contributed by atoms with Crippen molar-refractivity contribution in [3.63, 3.8) is 0 Å². The molecule has 3 rings (SSSR count). The maximum atomic E-state index is 12.4. The number of hydrogen-bond acceptors (Lipinski definition) is 5. The number of benzene rings is 1. The van der Waals surface area contributed by atoms with Gasteiger partial charge < -0.3 is 14.1 Å².